The number of methoxy groups -OCH3 is 1. The molecule has 5 nitrogen and oxygen atoms in total. The molecule has 0 aromatic heterocycles. The van der Waals surface area contributed by atoms with Crippen molar-refractivity contribution in [1.29, 1.82) is 0 Å². The standard InChI is InChI=1S/C16H23N3O2/c1-21-15-5-3-2-4-14(15)18-12-6-8-13(9-7-12)19-11-10-17-16(19)20/h6-9,14-15,18H,2-5,10-11H2,1H3,(H,17,20). The summed E-state index contributed by atoms with van der Waals surface area (Å²) in [5, 5.41) is 6.38. The maximum Gasteiger partial charge on any atom is 0.321 e. The third-order valence-electron chi connectivity index (χ3n) is 4.39. The fraction of sp³-hybridized carbons (Fsp3) is 0.562. The van der Waals surface area contributed by atoms with Gasteiger partial charge in [-0.3, -0.25) is 4.90 Å². The Kier molecular flexibility index (Phi) is 4.29. The van der Waals surface area contributed by atoms with E-state index in [4.69, 9.17) is 4.74 Å². The highest BCUT2D eigenvalue weighted by Gasteiger charge is 2.25. The van der Waals surface area contributed by atoms with Crippen LogP contribution in [0.25, 0.3) is 0 Å². The highest BCUT2D eigenvalue weighted by molar-refractivity contribution is 5.94. The maximum atomic E-state index is 11.6. The van der Waals surface area contributed by atoms with Crippen LogP contribution in [0.4, 0.5) is 16.2 Å². The van der Waals surface area contributed by atoms with Crippen LogP contribution >= 0.6 is 0 Å². The first kappa shape index (κ1) is 14.2. The van der Waals surface area contributed by atoms with E-state index in [1.807, 2.05) is 24.3 Å². The van der Waals surface area contributed by atoms with E-state index >= 15 is 0 Å². The van der Waals surface area contributed by atoms with Gasteiger partial charge in [0.1, 0.15) is 0 Å². The number of nitrogens with zero attached hydrogens (tertiary/aromatic N) is 1. The molecular formula is C16H23N3O2. The van der Waals surface area contributed by atoms with E-state index in [2.05, 4.69) is 10.6 Å². The van der Waals surface area contributed by atoms with Gasteiger partial charge in [0.25, 0.3) is 0 Å². The first-order valence-electron chi connectivity index (χ1n) is 7.72. The van der Waals surface area contributed by atoms with E-state index in [1.165, 1.54) is 12.8 Å². The molecule has 3 rings (SSSR count). The number of carbonyl (C=O) groups excluding carboxylic acids is 1. The fourth-order valence-corrected chi connectivity index (χ4v) is 3.21. The molecule has 1 aromatic rings. The van der Waals surface area contributed by atoms with Crippen molar-refractivity contribution in [2.24, 2.45) is 0 Å². The third-order valence-corrected chi connectivity index (χ3v) is 4.39. The molecule has 2 unspecified atom stereocenters. The van der Waals surface area contributed by atoms with Gasteiger partial charge in [-0.25, -0.2) is 4.79 Å². The Balaban J connectivity index is 1.65. The molecule has 114 valence electrons. The molecular weight excluding hydrogens is 266 g/mol. The van der Waals surface area contributed by atoms with E-state index in [-0.39, 0.29) is 6.03 Å². The van der Waals surface area contributed by atoms with Crippen LogP contribution in [-0.2, 0) is 4.74 Å². The second kappa shape index (κ2) is 6.35. The Bertz CT molecular complexity index is 489. The summed E-state index contributed by atoms with van der Waals surface area (Å²) in [6.45, 7) is 1.45. The summed E-state index contributed by atoms with van der Waals surface area (Å²) in [5.74, 6) is 0. The van der Waals surface area contributed by atoms with Crippen LogP contribution in [0.3, 0.4) is 0 Å². The summed E-state index contributed by atoms with van der Waals surface area (Å²) in [6.07, 6.45) is 5.07. The zero-order valence-corrected chi connectivity index (χ0v) is 12.5. The zero-order valence-electron chi connectivity index (χ0n) is 12.5. The van der Waals surface area contributed by atoms with Crippen LogP contribution in [-0.4, -0.2) is 38.4 Å². The molecule has 1 aromatic carbocycles. The molecule has 1 heterocycles. The van der Waals surface area contributed by atoms with Gasteiger partial charge >= 0.3 is 6.03 Å². The average molecular weight is 289 g/mol. The minimum atomic E-state index is -0.0116. The third kappa shape index (κ3) is 3.13. The number of ether oxygens (including phenoxy) is 1. The largest absolute Gasteiger partial charge is 0.380 e. The molecule has 1 saturated heterocycles. The first-order valence-corrected chi connectivity index (χ1v) is 7.72. The Morgan fingerprint density at radius 2 is 2.00 bits per heavy atom. The van der Waals surface area contributed by atoms with Crippen LogP contribution in [0.15, 0.2) is 24.3 Å². The van der Waals surface area contributed by atoms with Crippen molar-refractivity contribution in [3.05, 3.63) is 24.3 Å². The summed E-state index contributed by atoms with van der Waals surface area (Å²) in [4.78, 5) is 13.4. The number of hydrogen-bond acceptors (Lipinski definition) is 3. The Morgan fingerprint density at radius 1 is 1.24 bits per heavy atom. The number of rotatable bonds is 4. The van der Waals surface area contributed by atoms with Gasteiger partial charge in [-0.2, -0.15) is 0 Å². The van der Waals surface area contributed by atoms with Crippen molar-refractivity contribution in [3.8, 4) is 0 Å². The Labute approximate surface area is 125 Å². The van der Waals surface area contributed by atoms with E-state index in [0.29, 0.717) is 12.1 Å². The molecule has 1 aliphatic carbocycles. The predicted octanol–water partition coefficient (Wildman–Crippen LogP) is 2.59. The van der Waals surface area contributed by atoms with Gasteiger partial charge in [-0.15, -0.1) is 0 Å². The van der Waals surface area contributed by atoms with Gasteiger partial charge in [-0.05, 0) is 37.1 Å². The average Bonchev–Trinajstić information content (AvgIpc) is 2.95. The quantitative estimate of drug-likeness (QED) is 0.896. The molecule has 0 bridgehead atoms. The van der Waals surface area contributed by atoms with Crippen LogP contribution in [0.2, 0.25) is 0 Å². The smallest absolute Gasteiger partial charge is 0.321 e. The van der Waals surface area contributed by atoms with Crippen LogP contribution < -0.4 is 15.5 Å². The normalized spacial score (nSPS) is 25.8. The number of nitrogens with one attached hydrogen (secondary N) is 2. The topological polar surface area (TPSA) is 53.6 Å². The molecule has 2 atom stereocenters. The SMILES string of the molecule is COC1CCCCC1Nc1ccc(N2CCNC2=O)cc1. The molecule has 1 aliphatic heterocycles. The fourth-order valence-electron chi connectivity index (χ4n) is 3.21. The number of hydrogen-bond donors (Lipinski definition) is 2. The molecule has 0 spiro atoms. The maximum absolute atomic E-state index is 11.6. The predicted molar refractivity (Wildman–Crippen MR) is 83.9 cm³/mol. The summed E-state index contributed by atoms with van der Waals surface area (Å²) in [6, 6.07) is 8.45. The minimum Gasteiger partial charge on any atom is -0.380 e. The Hall–Kier alpha value is -1.75. The molecule has 2 amide bonds. The van der Waals surface area contributed by atoms with Crippen molar-refractivity contribution in [3.63, 3.8) is 0 Å². The number of anilines is 2. The van der Waals surface area contributed by atoms with Gasteiger partial charge < -0.3 is 15.4 Å². The number of urea groups is 1. The molecule has 2 fully saturated rings. The lowest BCUT2D eigenvalue weighted by atomic mass is 9.92. The summed E-state index contributed by atoms with van der Waals surface area (Å²) >= 11 is 0. The number of benzene rings is 1. The van der Waals surface area contributed by atoms with Gasteiger partial charge in [0.15, 0.2) is 0 Å². The molecule has 1 saturated carbocycles. The first-order chi connectivity index (χ1) is 10.3. The van der Waals surface area contributed by atoms with E-state index < -0.39 is 0 Å². The van der Waals surface area contributed by atoms with Gasteiger partial charge in [0.05, 0.1) is 12.1 Å². The highest BCUT2D eigenvalue weighted by Crippen LogP contribution is 2.25. The van der Waals surface area contributed by atoms with Crippen LogP contribution in [0.5, 0.6) is 0 Å². The van der Waals surface area contributed by atoms with E-state index in [9.17, 15) is 4.79 Å². The number of amides is 2. The lowest BCUT2D eigenvalue weighted by Gasteiger charge is -2.31. The molecule has 5 heteroatoms. The zero-order chi connectivity index (χ0) is 14.7. The van der Waals surface area contributed by atoms with Crippen molar-refractivity contribution in [2.75, 3.05) is 30.4 Å². The summed E-state index contributed by atoms with van der Waals surface area (Å²) < 4.78 is 5.57. The summed E-state index contributed by atoms with van der Waals surface area (Å²) in [7, 11) is 1.79. The number of carbonyl (C=O) groups is 1. The monoisotopic (exact) mass is 289 g/mol. The van der Waals surface area contributed by atoms with Gasteiger partial charge in [-0.1, -0.05) is 12.8 Å². The van der Waals surface area contributed by atoms with Crippen molar-refractivity contribution < 1.29 is 9.53 Å². The lowest BCUT2D eigenvalue weighted by Crippen LogP contribution is -2.37. The lowest BCUT2D eigenvalue weighted by molar-refractivity contribution is 0.0606. The second-order valence-electron chi connectivity index (χ2n) is 5.74. The van der Waals surface area contributed by atoms with Crippen LogP contribution in [0.1, 0.15) is 25.7 Å². The summed E-state index contributed by atoms with van der Waals surface area (Å²) in [5.41, 5.74) is 2.04. The molecule has 2 aliphatic rings. The molecule has 0 radical (unpaired) electrons. The second-order valence-corrected chi connectivity index (χ2v) is 5.74. The minimum absolute atomic E-state index is 0.0116. The van der Waals surface area contributed by atoms with Gasteiger partial charge in [0, 0.05) is 31.6 Å². The van der Waals surface area contributed by atoms with Crippen molar-refractivity contribution in [2.45, 2.75) is 37.8 Å². The molecule has 21 heavy (non-hydrogen) atoms. The molecule has 2 N–H and O–H groups in total. The highest BCUT2D eigenvalue weighted by atomic mass is 16.5. The Morgan fingerprint density at radius 3 is 2.67 bits per heavy atom. The van der Waals surface area contributed by atoms with Gasteiger partial charge in [0.2, 0.25) is 0 Å². The van der Waals surface area contributed by atoms with Crippen LogP contribution in [0, 0.1) is 0 Å². The van der Waals surface area contributed by atoms with Crippen molar-refractivity contribution >= 4 is 17.4 Å². The van der Waals surface area contributed by atoms with E-state index in [1.54, 1.807) is 12.0 Å². The van der Waals surface area contributed by atoms with E-state index in [0.717, 1.165) is 37.3 Å². The van der Waals surface area contributed by atoms with Crippen molar-refractivity contribution in [1.82, 2.24) is 5.32 Å².